The first-order chi connectivity index (χ1) is 6.15. The third-order valence-corrected chi connectivity index (χ3v) is 3.07. The summed E-state index contributed by atoms with van der Waals surface area (Å²) in [5, 5.41) is 0. The van der Waals surface area contributed by atoms with Crippen molar-refractivity contribution in [3.63, 3.8) is 0 Å². The zero-order valence-corrected chi connectivity index (χ0v) is 10.3. The fraction of sp³-hybridized carbons (Fsp3) is 0.455. The van der Waals surface area contributed by atoms with Crippen molar-refractivity contribution in [2.45, 2.75) is 19.8 Å². The minimum atomic E-state index is 0.458. The van der Waals surface area contributed by atoms with Gasteiger partial charge in [0.1, 0.15) is 0 Å². The number of hydrogen-bond acceptors (Lipinski definition) is 0. The topological polar surface area (TPSA) is 0 Å². The summed E-state index contributed by atoms with van der Waals surface area (Å²) in [5.74, 6) is 1.74. The molecule has 0 saturated carbocycles. The maximum absolute atomic E-state index is 5.93. The summed E-state index contributed by atoms with van der Waals surface area (Å²) in [5.41, 5.74) is 1.32. The maximum Gasteiger partial charge on any atom is 0.0294 e. The second-order valence-electron chi connectivity index (χ2n) is 3.56. The fourth-order valence-corrected chi connectivity index (χ4v) is 2.34. The first-order valence-corrected chi connectivity index (χ1v) is 5.79. The van der Waals surface area contributed by atoms with Gasteiger partial charge < -0.3 is 0 Å². The first kappa shape index (κ1) is 11.1. The molecule has 0 radical (unpaired) electrons. The molecule has 0 amide bonds. The number of benzene rings is 1. The zero-order chi connectivity index (χ0) is 9.84. The molecule has 0 saturated heterocycles. The molecule has 0 bridgehead atoms. The van der Waals surface area contributed by atoms with Crippen LogP contribution in [0.15, 0.2) is 28.7 Å². The SMILES string of the molecule is CC(C)C(CCl)c1cccc(Br)c1. The summed E-state index contributed by atoms with van der Waals surface area (Å²) < 4.78 is 1.13. The molecule has 0 aliphatic carbocycles. The Bertz CT molecular complexity index is 271. The average molecular weight is 262 g/mol. The molecule has 0 aliphatic heterocycles. The van der Waals surface area contributed by atoms with Crippen LogP contribution in [0.5, 0.6) is 0 Å². The van der Waals surface area contributed by atoms with E-state index in [4.69, 9.17) is 11.6 Å². The number of alkyl halides is 1. The van der Waals surface area contributed by atoms with Crippen LogP contribution in [0.4, 0.5) is 0 Å². The Morgan fingerprint density at radius 1 is 1.38 bits per heavy atom. The Hall–Kier alpha value is -0.0100. The normalized spacial score (nSPS) is 13.3. The van der Waals surface area contributed by atoms with Gasteiger partial charge in [0, 0.05) is 10.4 Å². The molecular weight excluding hydrogens is 247 g/mol. The molecule has 0 spiro atoms. The van der Waals surface area contributed by atoms with E-state index in [-0.39, 0.29) is 0 Å². The third kappa shape index (κ3) is 2.99. The smallest absolute Gasteiger partial charge is 0.0294 e. The quantitative estimate of drug-likeness (QED) is 0.706. The number of halogens is 2. The molecule has 1 atom stereocenters. The lowest BCUT2D eigenvalue weighted by Gasteiger charge is -2.18. The van der Waals surface area contributed by atoms with Crippen LogP contribution >= 0.6 is 27.5 Å². The van der Waals surface area contributed by atoms with E-state index >= 15 is 0 Å². The predicted octanol–water partition coefficient (Wildman–Crippen LogP) is 4.43. The van der Waals surface area contributed by atoms with Crippen LogP contribution < -0.4 is 0 Å². The molecule has 1 aromatic carbocycles. The fourth-order valence-electron chi connectivity index (χ4n) is 1.39. The van der Waals surface area contributed by atoms with E-state index in [1.54, 1.807) is 0 Å². The molecule has 2 heteroatoms. The van der Waals surface area contributed by atoms with E-state index in [0.29, 0.717) is 17.7 Å². The monoisotopic (exact) mass is 260 g/mol. The van der Waals surface area contributed by atoms with Gasteiger partial charge in [-0.3, -0.25) is 0 Å². The first-order valence-electron chi connectivity index (χ1n) is 4.46. The predicted molar refractivity (Wildman–Crippen MR) is 62.4 cm³/mol. The molecule has 0 nitrogen and oxygen atoms in total. The molecule has 0 aliphatic rings. The molecular formula is C11H14BrCl. The largest absolute Gasteiger partial charge is 0.126 e. The van der Waals surface area contributed by atoms with Crippen LogP contribution in [0.3, 0.4) is 0 Å². The molecule has 0 aromatic heterocycles. The highest BCUT2D eigenvalue weighted by Gasteiger charge is 2.14. The van der Waals surface area contributed by atoms with Gasteiger partial charge in [-0.25, -0.2) is 0 Å². The van der Waals surface area contributed by atoms with E-state index in [2.05, 4.69) is 48.0 Å². The van der Waals surface area contributed by atoms with Crippen molar-refractivity contribution >= 4 is 27.5 Å². The van der Waals surface area contributed by atoms with E-state index in [1.807, 2.05) is 6.07 Å². The van der Waals surface area contributed by atoms with Crippen molar-refractivity contribution in [1.29, 1.82) is 0 Å². The minimum absolute atomic E-state index is 0.458. The molecule has 1 aromatic rings. The zero-order valence-electron chi connectivity index (χ0n) is 7.93. The van der Waals surface area contributed by atoms with Crippen molar-refractivity contribution in [2.24, 2.45) is 5.92 Å². The van der Waals surface area contributed by atoms with Crippen LogP contribution in [0, 0.1) is 5.92 Å². The summed E-state index contributed by atoms with van der Waals surface area (Å²) in [7, 11) is 0. The summed E-state index contributed by atoms with van der Waals surface area (Å²) in [6.45, 7) is 4.40. The Kier molecular flexibility index (Phi) is 4.27. The van der Waals surface area contributed by atoms with Crippen molar-refractivity contribution in [2.75, 3.05) is 5.88 Å². The van der Waals surface area contributed by atoms with Gasteiger partial charge in [-0.15, -0.1) is 11.6 Å². The Labute approximate surface area is 93.4 Å². The van der Waals surface area contributed by atoms with Gasteiger partial charge in [-0.1, -0.05) is 41.9 Å². The van der Waals surface area contributed by atoms with Crippen LogP contribution in [0.1, 0.15) is 25.3 Å². The highest BCUT2D eigenvalue weighted by atomic mass is 79.9. The van der Waals surface area contributed by atoms with E-state index in [1.165, 1.54) is 5.56 Å². The van der Waals surface area contributed by atoms with Gasteiger partial charge in [-0.2, -0.15) is 0 Å². The van der Waals surface area contributed by atoms with Crippen molar-refractivity contribution in [1.82, 2.24) is 0 Å². The molecule has 0 N–H and O–H groups in total. The van der Waals surface area contributed by atoms with Crippen molar-refractivity contribution in [3.05, 3.63) is 34.3 Å². The molecule has 72 valence electrons. The maximum atomic E-state index is 5.93. The second-order valence-corrected chi connectivity index (χ2v) is 4.78. The Morgan fingerprint density at radius 2 is 2.08 bits per heavy atom. The molecule has 0 heterocycles. The van der Waals surface area contributed by atoms with Crippen LogP contribution in [-0.4, -0.2) is 5.88 Å². The number of rotatable bonds is 3. The summed E-state index contributed by atoms with van der Waals surface area (Å²) in [4.78, 5) is 0. The Balaban J connectivity index is 2.91. The lowest BCUT2D eigenvalue weighted by atomic mass is 9.90. The summed E-state index contributed by atoms with van der Waals surface area (Å²) in [6.07, 6.45) is 0. The van der Waals surface area contributed by atoms with Crippen LogP contribution in [0.2, 0.25) is 0 Å². The average Bonchev–Trinajstić information content (AvgIpc) is 2.04. The van der Waals surface area contributed by atoms with Crippen LogP contribution in [0.25, 0.3) is 0 Å². The van der Waals surface area contributed by atoms with Crippen molar-refractivity contribution < 1.29 is 0 Å². The minimum Gasteiger partial charge on any atom is -0.126 e. The lowest BCUT2D eigenvalue weighted by Crippen LogP contribution is -2.07. The highest BCUT2D eigenvalue weighted by Crippen LogP contribution is 2.27. The molecule has 13 heavy (non-hydrogen) atoms. The standard InChI is InChI=1S/C11H14BrCl/c1-8(2)11(7-13)9-4-3-5-10(12)6-9/h3-6,8,11H,7H2,1-2H3. The van der Waals surface area contributed by atoms with Crippen molar-refractivity contribution in [3.8, 4) is 0 Å². The van der Waals surface area contributed by atoms with Crippen LogP contribution in [-0.2, 0) is 0 Å². The molecule has 1 rings (SSSR count). The van der Waals surface area contributed by atoms with Gasteiger partial charge in [0.05, 0.1) is 0 Å². The van der Waals surface area contributed by atoms with Gasteiger partial charge >= 0.3 is 0 Å². The highest BCUT2D eigenvalue weighted by molar-refractivity contribution is 9.10. The number of hydrogen-bond donors (Lipinski definition) is 0. The summed E-state index contributed by atoms with van der Waals surface area (Å²) >= 11 is 9.40. The lowest BCUT2D eigenvalue weighted by molar-refractivity contribution is 0.539. The second kappa shape index (κ2) is 5.02. The third-order valence-electron chi connectivity index (χ3n) is 2.25. The van der Waals surface area contributed by atoms with E-state index < -0.39 is 0 Å². The van der Waals surface area contributed by atoms with Gasteiger partial charge in [0.2, 0.25) is 0 Å². The molecule has 1 unspecified atom stereocenters. The van der Waals surface area contributed by atoms with E-state index in [9.17, 15) is 0 Å². The van der Waals surface area contributed by atoms with Gasteiger partial charge in [0.25, 0.3) is 0 Å². The van der Waals surface area contributed by atoms with Gasteiger partial charge in [-0.05, 0) is 29.5 Å². The molecule has 0 fully saturated rings. The van der Waals surface area contributed by atoms with Gasteiger partial charge in [0.15, 0.2) is 0 Å². The Morgan fingerprint density at radius 3 is 2.54 bits per heavy atom. The summed E-state index contributed by atoms with van der Waals surface area (Å²) in [6, 6.07) is 8.38. The van der Waals surface area contributed by atoms with E-state index in [0.717, 1.165) is 4.47 Å².